The molecule has 1 aliphatic rings. The minimum absolute atomic E-state index is 0.0264. The van der Waals surface area contributed by atoms with Gasteiger partial charge in [-0.2, -0.15) is 0 Å². The summed E-state index contributed by atoms with van der Waals surface area (Å²) in [5.74, 6) is -1.50. The van der Waals surface area contributed by atoms with E-state index in [1.807, 2.05) is 4.90 Å². The predicted molar refractivity (Wildman–Crippen MR) is 76.8 cm³/mol. The van der Waals surface area contributed by atoms with E-state index in [0.717, 1.165) is 25.9 Å². The Labute approximate surface area is 126 Å². The Kier molecular flexibility index (Phi) is 4.92. The first kappa shape index (κ1) is 15.7. The van der Waals surface area contributed by atoms with Gasteiger partial charge in [-0.05, 0) is 25.0 Å². The number of esters is 2. The maximum Gasteiger partial charge on any atom is 0.344 e. The Hall–Kier alpha value is -2.64. The van der Waals surface area contributed by atoms with E-state index in [2.05, 4.69) is 4.74 Å². The molecule has 0 spiro atoms. The molecule has 0 aromatic heterocycles. The number of methoxy groups -OCH3 is 1. The van der Waals surface area contributed by atoms with Gasteiger partial charge in [0.1, 0.15) is 5.69 Å². The molecule has 22 heavy (non-hydrogen) atoms. The fraction of sp³-hybridized carbons (Fsp3) is 0.429. The second-order valence-corrected chi connectivity index (χ2v) is 4.81. The summed E-state index contributed by atoms with van der Waals surface area (Å²) < 4.78 is 9.09. The first-order valence-electron chi connectivity index (χ1n) is 6.80. The lowest BCUT2D eigenvalue weighted by atomic mass is 10.1. The third kappa shape index (κ3) is 3.51. The van der Waals surface area contributed by atoms with Crippen LogP contribution in [0.5, 0.6) is 0 Å². The number of benzene rings is 1. The molecule has 0 N–H and O–H groups in total. The van der Waals surface area contributed by atoms with Gasteiger partial charge in [-0.3, -0.25) is 10.1 Å². The number of rotatable bonds is 5. The molecule has 0 radical (unpaired) electrons. The zero-order valence-electron chi connectivity index (χ0n) is 12.1. The number of carbonyl (C=O) groups is 2. The summed E-state index contributed by atoms with van der Waals surface area (Å²) in [5.41, 5.74) is 0.375. The van der Waals surface area contributed by atoms with Crippen LogP contribution in [0.2, 0.25) is 0 Å². The van der Waals surface area contributed by atoms with Crippen LogP contribution in [0.15, 0.2) is 18.2 Å². The molecule has 0 saturated carbocycles. The van der Waals surface area contributed by atoms with Crippen LogP contribution in [-0.4, -0.2) is 43.7 Å². The van der Waals surface area contributed by atoms with Gasteiger partial charge < -0.3 is 14.4 Å². The van der Waals surface area contributed by atoms with E-state index in [1.54, 1.807) is 0 Å². The zero-order valence-corrected chi connectivity index (χ0v) is 12.1. The molecule has 8 nitrogen and oxygen atoms in total. The molecular weight excluding hydrogens is 292 g/mol. The van der Waals surface area contributed by atoms with Crippen molar-refractivity contribution in [2.45, 2.75) is 12.8 Å². The molecule has 0 aliphatic carbocycles. The molecule has 1 fully saturated rings. The highest BCUT2D eigenvalue weighted by Gasteiger charge is 2.24. The molecule has 8 heteroatoms. The molecule has 118 valence electrons. The molecular formula is C14H16N2O6. The quantitative estimate of drug-likeness (QED) is 0.462. The second kappa shape index (κ2) is 6.88. The van der Waals surface area contributed by atoms with Gasteiger partial charge in [0.15, 0.2) is 6.61 Å². The third-order valence-corrected chi connectivity index (χ3v) is 3.40. The molecule has 2 rings (SSSR count). The van der Waals surface area contributed by atoms with Crippen molar-refractivity contribution in [2.24, 2.45) is 0 Å². The Morgan fingerprint density at radius 3 is 2.59 bits per heavy atom. The molecule has 1 heterocycles. The number of ether oxygens (including phenoxy) is 2. The first-order valence-corrected chi connectivity index (χ1v) is 6.80. The van der Waals surface area contributed by atoms with Crippen LogP contribution in [0.1, 0.15) is 23.2 Å². The smallest absolute Gasteiger partial charge is 0.344 e. The molecule has 1 aliphatic heterocycles. The van der Waals surface area contributed by atoms with Crippen molar-refractivity contribution in [1.82, 2.24) is 0 Å². The van der Waals surface area contributed by atoms with Gasteiger partial charge >= 0.3 is 11.9 Å². The SMILES string of the molecule is COC(=O)COC(=O)c1ccc(N2CCCC2)c([N+](=O)[O-])c1. The maximum atomic E-state index is 11.8. The normalized spacial score (nSPS) is 13.8. The fourth-order valence-electron chi connectivity index (χ4n) is 2.29. The summed E-state index contributed by atoms with van der Waals surface area (Å²) >= 11 is 0. The first-order chi connectivity index (χ1) is 10.5. The van der Waals surface area contributed by atoms with Crippen molar-refractivity contribution in [3.63, 3.8) is 0 Å². The fourth-order valence-corrected chi connectivity index (χ4v) is 2.29. The van der Waals surface area contributed by atoms with Gasteiger partial charge in [-0.1, -0.05) is 0 Å². The number of nitrogens with zero attached hydrogens (tertiary/aromatic N) is 2. The molecule has 0 atom stereocenters. The van der Waals surface area contributed by atoms with Crippen LogP contribution in [-0.2, 0) is 14.3 Å². The summed E-state index contributed by atoms with van der Waals surface area (Å²) in [4.78, 5) is 35.4. The minimum Gasteiger partial charge on any atom is -0.466 e. The van der Waals surface area contributed by atoms with Crippen molar-refractivity contribution in [1.29, 1.82) is 0 Å². The molecule has 1 aromatic rings. The maximum absolute atomic E-state index is 11.8. The van der Waals surface area contributed by atoms with Crippen molar-refractivity contribution >= 4 is 23.3 Å². The van der Waals surface area contributed by atoms with Crippen LogP contribution < -0.4 is 4.90 Å². The van der Waals surface area contributed by atoms with Gasteiger partial charge in [-0.15, -0.1) is 0 Å². The number of hydrogen-bond acceptors (Lipinski definition) is 7. The summed E-state index contributed by atoms with van der Waals surface area (Å²) in [6.45, 7) is 0.983. The minimum atomic E-state index is -0.804. The number of carbonyl (C=O) groups excluding carboxylic acids is 2. The highest BCUT2D eigenvalue weighted by atomic mass is 16.6. The topological polar surface area (TPSA) is 99.0 Å². The monoisotopic (exact) mass is 308 g/mol. The molecule has 0 bridgehead atoms. The standard InChI is InChI=1S/C14H16N2O6/c1-21-13(17)9-22-14(18)10-4-5-11(12(8-10)16(19)20)15-6-2-3-7-15/h4-5,8H,2-3,6-7,9H2,1H3. The van der Waals surface area contributed by atoms with E-state index in [0.29, 0.717) is 5.69 Å². The summed E-state index contributed by atoms with van der Waals surface area (Å²) in [6, 6.07) is 4.17. The predicted octanol–water partition coefficient (Wildman–Crippen LogP) is 1.52. The largest absolute Gasteiger partial charge is 0.466 e. The number of hydrogen-bond donors (Lipinski definition) is 0. The van der Waals surface area contributed by atoms with Gasteiger partial charge in [0.2, 0.25) is 0 Å². The van der Waals surface area contributed by atoms with Crippen LogP contribution in [0, 0.1) is 10.1 Å². The molecule has 0 amide bonds. The van der Waals surface area contributed by atoms with Crippen molar-refractivity contribution in [3.05, 3.63) is 33.9 Å². The lowest BCUT2D eigenvalue weighted by Gasteiger charge is -2.17. The summed E-state index contributed by atoms with van der Waals surface area (Å²) in [6.07, 6.45) is 1.97. The van der Waals surface area contributed by atoms with Crippen molar-refractivity contribution in [2.75, 3.05) is 31.7 Å². The van der Waals surface area contributed by atoms with E-state index in [1.165, 1.54) is 25.3 Å². The van der Waals surface area contributed by atoms with Gasteiger partial charge in [0.05, 0.1) is 17.6 Å². The molecule has 0 unspecified atom stereocenters. The zero-order chi connectivity index (χ0) is 16.1. The Morgan fingerprint density at radius 2 is 2.00 bits per heavy atom. The van der Waals surface area contributed by atoms with Crippen molar-refractivity contribution in [3.8, 4) is 0 Å². The van der Waals surface area contributed by atoms with Gasteiger partial charge in [0, 0.05) is 19.2 Å². The Morgan fingerprint density at radius 1 is 1.32 bits per heavy atom. The van der Waals surface area contributed by atoms with Crippen LogP contribution in [0.4, 0.5) is 11.4 Å². The van der Waals surface area contributed by atoms with Crippen LogP contribution in [0.25, 0.3) is 0 Å². The van der Waals surface area contributed by atoms with E-state index in [-0.39, 0.29) is 11.3 Å². The average Bonchev–Trinajstić information content (AvgIpc) is 3.05. The van der Waals surface area contributed by atoms with E-state index in [4.69, 9.17) is 4.74 Å². The second-order valence-electron chi connectivity index (χ2n) is 4.81. The number of anilines is 1. The van der Waals surface area contributed by atoms with Crippen LogP contribution in [0.3, 0.4) is 0 Å². The van der Waals surface area contributed by atoms with E-state index < -0.39 is 23.5 Å². The lowest BCUT2D eigenvalue weighted by molar-refractivity contribution is -0.384. The lowest BCUT2D eigenvalue weighted by Crippen LogP contribution is -2.19. The van der Waals surface area contributed by atoms with Gasteiger partial charge in [0.25, 0.3) is 5.69 Å². The average molecular weight is 308 g/mol. The molecule has 1 aromatic carbocycles. The Balaban J connectivity index is 2.19. The summed E-state index contributed by atoms with van der Waals surface area (Å²) in [5, 5.41) is 11.2. The van der Waals surface area contributed by atoms with Crippen LogP contribution >= 0.6 is 0 Å². The third-order valence-electron chi connectivity index (χ3n) is 3.40. The van der Waals surface area contributed by atoms with Crippen molar-refractivity contribution < 1.29 is 24.0 Å². The highest BCUT2D eigenvalue weighted by Crippen LogP contribution is 2.31. The van der Waals surface area contributed by atoms with E-state index >= 15 is 0 Å². The molecule has 1 saturated heterocycles. The van der Waals surface area contributed by atoms with E-state index in [9.17, 15) is 19.7 Å². The summed E-state index contributed by atoms with van der Waals surface area (Å²) in [7, 11) is 1.17. The Bertz CT molecular complexity index is 595. The number of nitro benzene ring substituents is 1. The van der Waals surface area contributed by atoms with Gasteiger partial charge in [-0.25, -0.2) is 9.59 Å². The number of nitro groups is 1. The highest BCUT2D eigenvalue weighted by molar-refractivity contribution is 5.92.